The van der Waals surface area contributed by atoms with E-state index in [1.807, 2.05) is 24.3 Å². The Balaban J connectivity index is 1.98. The Morgan fingerprint density at radius 2 is 1.74 bits per heavy atom. The summed E-state index contributed by atoms with van der Waals surface area (Å²) >= 11 is 0.250. The van der Waals surface area contributed by atoms with Crippen LogP contribution in [0.4, 0.5) is 0 Å². The molecule has 0 amide bonds. The molecule has 120 valence electrons. The van der Waals surface area contributed by atoms with Crippen molar-refractivity contribution in [1.29, 1.82) is 0 Å². The van der Waals surface area contributed by atoms with Crippen molar-refractivity contribution in [1.82, 2.24) is 0 Å². The molecule has 0 bridgehead atoms. The normalized spacial score (nSPS) is 12.0. The van der Waals surface area contributed by atoms with Gasteiger partial charge in [-0.25, -0.2) is 0 Å². The van der Waals surface area contributed by atoms with Crippen molar-refractivity contribution in [3.63, 3.8) is 0 Å². The average Bonchev–Trinajstić information content (AvgIpc) is 2.59. The van der Waals surface area contributed by atoms with Crippen LogP contribution in [-0.2, 0) is 14.3 Å². The van der Waals surface area contributed by atoms with Crippen LogP contribution in [0.15, 0.2) is 73.0 Å². The molecule has 0 aliphatic rings. The molecule has 0 aromatic heterocycles. The first kappa shape index (κ1) is 17.3. The fraction of sp³-hybridized carbons (Fsp3) is 0.211. The van der Waals surface area contributed by atoms with Crippen molar-refractivity contribution in [3.05, 3.63) is 78.6 Å². The summed E-state index contributed by atoms with van der Waals surface area (Å²) < 4.78 is 11.7. The second-order valence-electron chi connectivity index (χ2n) is 4.72. The first-order chi connectivity index (χ1) is 11.3. The molecule has 2 aromatic carbocycles. The summed E-state index contributed by atoms with van der Waals surface area (Å²) in [6.07, 6.45) is 2.75. The molecule has 0 aliphatic heterocycles. The Morgan fingerprint density at radius 3 is 2.39 bits per heavy atom. The van der Waals surface area contributed by atoms with E-state index in [-0.39, 0.29) is 25.7 Å². The van der Waals surface area contributed by atoms with Crippen LogP contribution < -0.4 is 4.46 Å². The van der Waals surface area contributed by atoms with Crippen LogP contribution in [0, 0.1) is 0 Å². The van der Waals surface area contributed by atoms with E-state index in [1.165, 1.54) is 22.4 Å². The summed E-state index contributed by atoms with van der Waals surface area (Å²) in [5, 5.41) is 0. The molecule has 3 nitrogen and oxygen atoms in total. The molecule has 0 radical (unpaired) electrons. The van der Waals surface area contributed by atoms with Crippen molar-refractivity contribution in [2.45, 2.75) is 11.7 Å². The van der Waals surface area contributed by atoms with Gasteiger partial charge in [-0.2, -0.15) is 0 Å². The Labute approximate surface area is 143 Å². The molecule has 1 unspecified atom stereocenters. The molecule has 1 atom stereocenters. The van der Waals surface area contributed by atoms with E-state index in [4.69, 9.17) is 9.47 Å². The van der Waals surface area contributed by atoms with Crippen LogP contribution in [0.5, 0.6) is 0 Å². The predicted octanol–water partition coefficient (Wildman–Crippen LogP) is 2.85. The Kier molecular flexibility index (Phi) is 7.44. The van der Waals surface area contributed by atoms with Crippen LogP contribution in [0.25, 0.3) is 0 Å². The van der Waals surface area contributed by atoms with Gasteiger partial charge in [0.05, 0.1) is 0 Å². The second kappa shape index (κ2) is 9.88. The van der Waals surface area contributed by atoms with Crippen molar-refractivity contribution in [2.24, 2.45) is 0 Å². The quantitative estimate of drug-likeness (QED) is 0.308. The number of hydrogen-bond acceptors (Lipinski definition) is 3. The van der Waals surface area contributed by atoms with Crippen LogP contribution in [0.1, 0.15) is 17.3 Å². The fourth-order valence-electron chi connectivity index (χ4n) is 1.97. The molecule has 4 heteroatoms. The molecule has 0 saturated carbocycles. The van der Waals surface area contributed by atoms with E-state index in [1.54, 1.807) is 6.92 Å². The minimum atomic E-state index is -0.377. The molecule has 0 fully saturated rings. The summed E-state index contributed by atoms with van der Waals surface area (Å²) in [4.78, 5) is 11.6. The molecule has 0 saturated heterocycles. The molecule has 0 aliphatic carbocycles. The third-order valence-electron chi connectivity index (χ3n) is 3.03. The molecule has 2 aromatic rings. The maximum atomic E-state index is 11.3. The van der Waals surface area contributed by atoms with Gasteiger partial charge in [0, 0.05) is 0 Å². The molecule has 0 spiro atoms. The zero-order valence-electron chi connectivity index (χ0n) is 13.1. The van der Waals surface area contributed by atoms with Crippen LogP contribution in [0.2, 0.25) is 0 Å². The number of hydrogen-bond donors (Lipinski definition) is 0. The van der Waals surface area contributed by atoms with Crippen molar-refractivity contribution in [2.75, 3.05) is 13.2 Å². The van der Waals surface area contributed by atoms with E-state index >= 15 is 0 Å². The Bertz CT molecular complexity index is 611. The van der Waals surface area contributed by atoms with Crippen LogP contribution in [0.3, 0.4) is 0 Å². The summed E-state index contributed by atoms with van der Waals surface area (Å²) in [5.74, 6) is -0.377. The van der Waals surface area contributed by atoms with Gasteiger partial charge in [-0.3, -0.25) is 0 Å². The van der Waals surface area contributed by atoms with Crippen LogP contribution >= 0.6 is 0 Å². The summed E-state index contributed by atoms with van der Waals surface area (Å²) in [6.45, 7) is 2.68. The minimum absolute atomic E-state index is 0.250. The van der Waals surface area contributed by atoms with E-state index in [2.05, 4.69) is 36.4 Å². The number of carbonyl (C=O) groups excluding carboxylic acids is 1. The topological polar surface area (TPSA) is 35.5 Å². The van der Waals surface area contributed by atoms with Gasteiger partial charge >= 0.3 is 143 Å². The third kappa shape index (κ3) is 6.31. The molecule has 0 heterocycles. The van der Waals surface area contributed by atoms with Gasteiger partial charge in [-0.15, -0.1) is 0 Å². The summed E-state index contributed by atoms with van der Waals surface area (Å²) in [6, 6.07) is 20.8. The van der Waals surface area contributed by atoms with E-state index in [9.17, 15) is 4.79 Å². The van der Waals surface area contributed by atoms with Gasteiger partial charge < -0.3 is 0 Å². The maximum absolute atomic E-state index is 11.3. The van der Waals surface area contributed by atoms with Crippen LogP contribution in [-0.4, -0.2) is 34.1 Å². The van der Waals surface area contributed by atoms with Gasteiger partial charge in [0.25, 0.3) is 0 Å². The molecule has 0 N–H and O–H groups in total. The Hall–Kier alpha value is -2.03. The number of rotatable bonds is 8. The van der Waals surface area contributed by atoms with Gasteiger partial charge in [-0.05, 0) is 0 Å². The van der Waals surface area contributed by atoms with Crippen molar-refractivity contribution < 1.29 is 14.3 Å². The Morgan fingerprint density at radius 1 is 1.09 bits per heavy atom. The fourth-order valence-corrected chi connectivity index (χ4v) is 4.24. The van der Waals surface area contributed by atoms with Gasteiger partial charge in [0.1, 0.15) is 0 Å². The molecule has 2 rings (SSSR count). The number of carbonyl (C=O) groups is 1. The van der Waals surface area contributed by atoms with E-state index in [0.29, 0.717) is 13.2 Å². The van der Waals surface area contributed by atoms with E-state index in [0.717, 1.165) is 0 Å². The standard InChI is InChI=1S/C19H20O3Se/c1-2-22-19(20)13-14-21-15-18(16-9-5-3-6-10-16)23-17-11-7-4-8-12-17/h3-14,18H,2,15H2,1H3/b14-13+. The van der Waals surface area contributed by atoms with Gasteiger partial charge in [0.15, 0.2) is 0 Å². The van der Waals surface area contributed by atoms with Crippen molar-refractivity contribution in [3.8, 4) is 0 Å². The molecular formula is C19H20O3Se. The number of benzene rings is 2. The average molecular weight is 375 g/mol. The van der Waals surface area contributed by atoms with Gasteiger partial charge in [0.2, 0.25) is 0 Å². The summed E-state index contributed by atoms with van der Waals surface area (Å²) in [5.41, 5.74) is 1.25. The second-order valence-corrected chi connectivity index (χ2v) is 7.40. The third-order valence-corrected chi connectivity index (χ3v) is 5.62. The van der Waals surface area contributed by atoms with Gasteiger partial charge in [-0.1, -0.05) is 0 Å². The predicted molar refractivity (Wildman–Crippen MR) is 92.7 cm³/mol. The van der Waals surface area contributed by atoms with Crippen molar-refractivity contribution >= 4 is 25.4 Å². The zero-order chi connectivity index (χ0) is 16.3. The first-order valence-electron chi connectivity index (χ1n) is 7.51. The number of ether oxygens (including phenoxy) is 2. The monoisotopic (exact) mass is 376 g/mol. The summed E-state index contributed by atoms with van der Waals surface area (Å²) in [7, 11) is 0. The zero-order valence-corrected chi connectivity index (χ0v) is 14.8. The SMILES string of the molecule is CCOC(=O)/C=C/OCC([Se]c1ccccc1)c1ccccc1. The first-order valence-corrected chi connectivity index (χ1v) is 9.35. The van der Waals surface area contributed by atoms with E-state index < -0.39 is 0 Å². The molecular weight excluding hydrogens is 355 g/mol. The molecule has 23 heavy (non-hydrogen) atoms. The number of esters is 1.